The molecule has 1 N–H and O–H groups in total. The Labute approximate surface area is 202 Å². The van der Waals surface area contributed by atoms with Gasteiger partial charge in [0.2, 0.25) is 0 Å². The molecule has 0 saturated carbocycles. The van der Waals surface area contributed by atoms with E-state index in [1.54, 1.807) is 0 Å². The number of amides is 1. The lowest BCUT2D eigenvalue weighted by molar-refractivity contribution is 0.0374. The Hall–Kier alpha value is -2.89. The van der Waals surface area contributed by atoms with Crippen molar-refractivity contribution in [3.8, 4) is 16.9 Å². The van der Waals surface area contributed by atoms with Crippen molar-refractivity contribution in [1.82, 2.24) is 14.8 Å². The van der Waals surface area contributed by atoms with Gasteiger partial charge in [-0.05, 0) is 80.1 Å². The number of nitrogens with one attached hydrogen (secondary N) is 1. The van der Waals surface area contributed by atoms with Gasteiger partial charge >= 0.3 is 0 Å². The zero-order valence-corrected chi connectivity index (χ0v) is 20.0. The average molecular weight is 458 g/mol. The van der Waals surface area contributed by atoms with Gasteiger partial charge in [0.05, 0.1) is 18.9 Å². The quantitative estimate of drug-likeness (QED) is 0.407. The molecule has 2 aromatic carbocycles. The minimum atomic E-state index is 0.00291. The largest absolute Gasteiger partial charge is 0.379 e. The highest BCUT2D eigenvalue weighted by Gasteiger charge is 2.19. The van der Waals surface area contributed by atoms with Crippen LogP contribution < -0.4 is 5.32 Å². The first-order chi connectivity index (χ1) is 16.8. The third-order valence-electron chi connectivity index (χ3n) is 7.05. The number of ether oxygens (including phenoxy) is 1. The Kier molecular flexibility index (Phi) is 7.42. The fourth-order valence-corrected chi connectivity index (χ4v) is 5.18. The molecule has 5 heteroatoms. The summed E-state index contributed by atoms with van der Waals surface area (Å²) in [6.45, 7) is 5.31. The highest BCUT2D eigenvalue weighted by atomic mass is 16.5. The molecule has 1 aliphatic heterocycles. The Morgan fingerprint density at radius 1 is 0.912 bits per heavy atom. The van der Waals surface area contributed by atoms with Crippen molar-refractivity contribution < 1.29 is 9.53 Å². The molecule has 3 aromatic rings. The number of nitrogens with zero attached hydrogens (tertiary/aromatic N) is 2. The predicted molar refractivity (Wildman–Crippen MR) is 137 cm³/mol. The summed E-state index contributed by atoms with van der Waals surface area (Å²) in [4.78, 5) is 15.1. The molecule has 0 radical (unpaired) electrons. The Bertz CT molecular complexity index is 1080. The van der Waals surface area contributed by atoms with Crippen molar-refractivity contribution in [3.05, 3.63) is 77.5 Å². The number of hydrogen-bond donors (Lipinski definition) is 1. The molecule has 1 saturated heterocycles. The lowest BCUT2D eigenvalue weighted by atomic mass is 10.1. The maximum atomic E-state index is 12.7. The van der Waals surface area contributed by atoms with E-state index in [1.165, 1.54) is 41.8 Å². The van der Waals surface area contributed by atoms with Crippen LogP contribution in [0.2, 0.25) is 0 Å². The van der Waals surface area contributed by atoms with E-state index in [4.69, 9.17) is 4.74 Å². The molecule has 1 fully saturated rings. The molecule has 0 atom stereocenters. The lowest BCUT2D eigenvalue weighted by Gasteiger charge is -2.26. The fraction of sp³-hybridized carbons (Fsp3) is 0.414. The summed E-state index contributed by atoms with van der Waals surface area (Å²) in [5.74, 6) is 0.00291. The van der Waals surface area contributed by atoms with Crippen molar-refractivity contribution in [3.63, 3.8) is 0 Å². The van der Waals surface area contributed by atoms with Crippen molar-refractivity contribution in [1.29, 1.82) is 0 Å². The molecule has 5 nitrogen and oxygen atoms in total. The standard InChI is InChI=1S/C29H35N3O2/c33-29(30-16-7-17-31-18-20-34-21-19-31)24-12-14-26(15-13-24)32-27-11-6-2-5-10-25(27)22-28(32)23-8-3-1-4-9-23/h1,3-4,8-9,12-15,22H,2,5-7,10-11,16-21H2,(H,30,33). The van der Waals surface area contributed by atoms with E-state index in [1.807, 2.05) is 12.1 Å². The molecule has 0 bridgehead atoms. The maximum Gasteiger partial charge on any atom is 0.251 e. The van der Waals surface area contributed by atoms with Gasteiger partial charge in [-0.3, -0.25) is 9.69 Å². The van der Waals surface area contributed by atoms with Crippen molar-refractivity contribution in [2.45, 2.75) is 38.5 Å². The molecule has 178 valence electrons. The minimum absolute atomic E-state index is 0.00291. The first kappa shape index (κ1) is 22.9. The molecular formula is C29H35N3O2. The summed E-state index contributed by atoms with van der Waals surface area (Å²) in [6, 6.07) is 21.1. The molecule has 1 amide bonds. The molecule has 5 rings (SSSR count). The number of carbonyl (C=O) groups is 1. The molecule has 0 spiro atoms. The predicted octanol–water partition coefficient (Wildman–Crippen LogP) is 4.87. The molecule has 2 heterocycles. The molecule has 1 aliphatic carbocycles. The first-order valence-electron chi connectivity index (χ1n) is 12.8. The summed E-state index contributed by atoms with van der Waals surface area (Å²) in [6.07, 6.45) is 6.99. The third kappa shape index (κ3) is 5.26. The number of aromatic nitrogens is 1. The molecule has 2 aliphatic rings. The summed E-state index contributed by atoms with van der Waals surface area (Å²) in [5, 5.41) is 3.08. The number of carbonyl (C=O) groups excluding carboxylic acids is 1. The van der Waals surface area contributed by atoms with Gasteiger partial charge in [-0.2, -0.15) is 0 Å². The SMILES string of the molecule is O=C(NCCCN1CCOCC1)c1ccc(-n2c(-c3ccccc3)cc3c2CCCCC3)cc1. The van der Waals surface area contributed by atoms with E-state index < -0.39 is 0 Å². The molecule has 0 unspecified atom stereocenters. The number of aryl methyl sites for hydroxylation is 1. The Balaban J connectivity index is 1.30. The van der Waals surface area contributed by atoms with Crippen LogP contribution >= 0.6 is 0 Å². The van der Waals surface area contributed by atoms with Crippen molar-refractivity contribution in [2.75, 3.05) is 39.4 Å². The van der Waals surface area contributed by atoms with E-state index in [2.05, 4.69) is 63.3 Å². The second-order valence-electron chi connectivity index (χ2n) is 9.37. The smallest absolute Gasteiger partial charge is 0.251 e. The summed E-state index contributed by atoms with van der Waals surface area (Å²) >= 11 is 0. The second kappa shape index (κ2) is 11.0. The monoisotopic (exact) mass is 457 g/mol. The number of hydrogen-bond acceptors (Lipinski definition) is 3. The van der Waals surface area contributed by atoms with Crippen LogP contribution in [0.15, 0.2) is 60.7 Å². The Morgan fingerprint density at radius 3 is 2.47 bits per heavy atom. The number of fused-ring (bicyclic) bond motifs is 1. The summed E-state index contributed by atoms with van der Waals surface area (Å²) in [5.41, 5.74) is 7.22. The van der Waals surface area contributed by atoms with E-state index >= 15 is 0 Å². The fourth-order valence-electron chi connectivity index (χ4n) is 5.18. The van der Waals surface area contributed by atoms with Gasteiger partial charge in [-0.15, -0.1) is 0 Å². The van der Waals surface area contributed by atoms with Gasteiger partial charge in [0.15, 0.2) is 0 Å². The highest BCUT2D eigenvalue weighted by Crippen LogP contribution is 2.33. The van der Waals surface area contributed by atoms with E-state index in [-0.39, 0.29) is 5.91 Å². The van der Waals surface area contributed by atoms with Crippen LogP contribution in [0.5, 0.6) is 0 Å². The zero-order chi connectivity index (χ0) is 23.2. The zero-order valence-electron chi connectivity index (χ0n) is 20.0. The van der Waals surface area contributed by atoms with Crippen LogP contribution in [-0.2, 0) is 17.6 Å². The van der Waals surface area contributed by atoms with E-state index in [0.717, 1.165) is 63.4 Å². The van der Waals surface area contributed by atoms with Crippen LogP contribution in [0.4, 0.5) is 0 Å². The number of rotatable bonds is 7. The van der Waals surface area contributed by atoms with Crippen molar-refractivity contribution >= 4 is 5.91 Å². The van der Waals surface area contributed by atoms with Gasteiger partial charge in [-0.1, -0.05) is 36.8 Å². The van der Waals surface area contributed by atoms with Crippen LogP contribution in [0.25, 0.3) is 16.9 Å². The summed E-state index contributed by atoms with van der Waals surface area (Å²) in [7, 11) is 0. The molecule has 1 aromatic heterocycles. The minimum Gasteiger partial charge on any atom is -0.379 e. The maximum absolute atomic E-state index is 12.7. The topological polar surface area (TPSA) is 46.5 Å². The van der Waals surface area contributed by atoms with E-state index in [9.17, 15) is 4.79 Å². The molecular weight excluding hydrogens is 422 g/mol. The number of benzene rings is 2. The van der Waals surface area contributed by atoms with Gasteiger partial charge in [0.25, 0.3) is 5.91 Å². The third-order valence-corrected chi connectivity index (χ3v) is 7.05. The van der Waals surface area contributed by atoms with Crippen LogP contribution in [0.3, 0.4) is 0 Å². The number of morpholine rings is 1. The van der Waals surface area contributed by atoms with Gasteiger partial charge in [-0.25, -0.2) is 0 Å². The highest BCUT2D eigenvalue weighted by molar-refractivity contribution is 5.94. The average Bonchev–Trinajstić information content (AvgIpc) is 3.10. The molecule has 34 heavy (non-hydrogen) atoms. The van der Waals surface area contributed by atoms with Crippen LogP contribution in [0.1, 0.15) is 47.3 Å². The Morgan fingerprint density at radius 2 is 1.68 bits per heavy atom. The van der Waals surface area contributed by atoms with Crippen LogP contribution in [-0.4, -0.2) is 54.8 Å². The summed E-state index contributed by atoms with van der Waals surface area (Å²) < 4.78 is 7.81. The second-order valence-corrected chi connectivity index (χ2v) is 9.37. The first-order valence-corrected chi connectivity index (χ1v) is 12.8. The van der Waals surface area contributed by atoms with Crippen LogP contribution in [0, 0.1) is 0 Å². The normalized spacial score (nSPS) is 16.6. The van der Waals surface area contributed by atoms with Gasteiger partial charge in [0, 0.05) is 36.6 Å². The van der Waals surface area contributed by atoms with Crippen molar-refractivity contribution in [2.24, 2.45) is 0 Å². The van der Waals surface area contributed by atoms with Gasteiger partial charge < -0.3 is 14.6 Å². The van der Waals surface area contributed by atoms with Gasteiger partial charge in [0.1, 0.15) is 0 Å². The lowest BCUT2D eigenvalue weighted by Crippen LogP contribution is -2.38. The van der Waals surface area contributed by atoms with E-state index in [0.29, 0.717) is 6.54 Å².